The molecule has 0 saturated heterocycles. The van der Waals surface area contributed by atoms with E-state index in [1.807, 2.05) is 0 Å². The first kappa shape index (κ1) is 16.1. The van der Waals surface area contributed by atoms with Crippen LogP contribution in [-0.2, 0) is 9.59 Å². The van der Waals surface area contributed by atoms with Crippen LogP contribution in [0.1, 0.15) is 12.7 Å². The smallest absolute Gasteiger partial charge is 0.352 e. The Morgan fingerprint density at radius 2 is 1.95 bits per heavy atom. The SMILES string of the molecule is CC(=O)NC(=Cc1ccc(-c2cc(Cl)ccc2Cl)o1)C(=O)O. The van der Waals surface area contributed by atoms with Crippen LogP contribution >= 0.6 is 23.2 Å². The van der Waals surface area contributed by atoms with Crippen LogP contribution in [0, 0.1) is 0 Å². The lowest BCUT2D eigenvalue weighted by Crippen LogP contribution is -2.24. The van der Waals surface area contributed by atoms with E-state index in [0.717, 1.165) is 0 Å². The number of furan rings is 1. The van der Waals surface area contributed by atoms with E-state index in [4.69, 9.17) is 32.7 Å². The van der Waals surface area contributed by atoms with Gasteiger partial charge in [0.05, 0.1) is 5.02 Å². The van der Waals surface area contributed by atoms with Gasteiger partial charge in [0, 0.05) is 23.6 Å². The van der Waals surface area contributed by atoms with Crippen LogP contribution in [0.5, 0.6) is 0 Å². The van der Waals surface area contributed by atoms with Gasteiger partial charge in [0.25, 0.3) is 0 Å². The van der Waals surface area contributed by atoms with Gasteiger partial charge >= 0.3 is 5.97 Å². The highest BCUT2D eigenvalue weighted by molar-refractivity contribution is 6.35. The van der Waals surface area contributed by atoms with E-state index in [9.17, 15) is 9.59 Å². The van der Waals surface area contributed by atoms with E-state index < -0.39 is 11.9 Å². The minimum atomic E-state index is -1.27. The molecule has 7 heteroatoms. The minimum Gasteiger partial charge on any atom is -0.477 e. The van der Waals surface area contributed by atoms with Gasteiger partial charge in [0.15, 0.2) is 0 Å². The second kappa shape index (κ2) is 6.68. The Hall–Kier alpha value is -2.24. The van der Waals surface area contributed by atoms with Crippen molar-refractivity contribution in [1.29, 1.82) is 0 Å². The van der Waals surface area contributed by atoms with Crippen LogP contribution in [0.25, 0.3) is 17.4 Å². The molecular weight excluding hydrogens is 329 g/mol. The Bertz CT molecular complexity index is 765. The van der Waals surface area contributed by atoms with Gasteiger partial charge in [-0.05, 0) is 30.3 Å². The number of hydrogen-bond acceptors (Lipinski definition) is 3. The fourth-order valence-corrected chi connectivity index (χ4v) is 2.13. The molecule has 2 aromatic rings. The molecule has 114 valence electrons. The molecule has 0 aliphatic heterocycles. The van der Waals surface area contributed by atoms with Crippen LogP contribution in [0.2, 0.25) is 10.0 Å². The van der Waals surface area contributed by atoms with Gasteiger partial charge in [-0.2, -0.15) is 0 Å². The molecular formula is C15H11Cl2NO4. The number of rotatable bonds is 4. The number of benzene rings is 1. The van der Waals surface area contributed by atoms with E-state index in [1.54, 1.807) is 30.3 Å². The Kier molecular flexibility index (Phi) is 4.90. The predicted octanol–water partition coefficient (Wildman–Crippen LogP) is 3.82. The Labute approximate surface area is 136 Å². The number of amides is 1. The third-order valence-electron chi connectivity index (χ3n) is 2.65. The summed E-state index contributed by atoms with van der Waals surface area (Å²) in [6, 6.07) is 8.13. The zero-order chi connectivity index (χ0) is 16.3. The van der Waals surface area contributed by atoms with Crippen LogP contribution in [0.15, 0.2) is 40.4 Å². The number of nitrogens with one attached hydrogen (secondary N) is 1. The highest BCUT2D eigenvalue weighted by Gasteiger charge is 2.12. The normalized spacial score (nSPS) is 11.3. The predicted molar refractivity (Wildman–Crippen MR) is 83.6 cm³/mol. The van der Waals surface area contributed by atoms with Crippen LogP contribution < -0.4 is 5.32 Å². The van der Waals surface area contributed by atoms with Crippen molar-refractivity contribution in [2.24, 2.45) is 0 Å². The van der Waals surface area contributed by atoms with Crippen molar-refractivity contribution in [3.63, 3.8) is 0 Å². The van der Waals surface area contributed by atoms with Gasteiger partial charge in [-0.15, -0.1) is 0 Å². The molecule has 0 radical (unpaired) electrons. The lowest BCUT2D eigenvalue weighted by Gasteiger charge is -2.02. The van der Waals surface area contributed by atoms with E-state index in [2.05, 4.69) is 5.32 Å². The first-order valence-corrected chi connectivity index (χ1v) is 6.90. The molecule has 2 rings (SSSR count). The van der Waals surface area contributed by atoms with E-state index in [1.165, 1.54) is 13.0 Å². The van der Waals surface area contributed by atoms with Crippen molar-refractivity contribution in [3.05, 3.63) is 51.8 Å². The van der Waals surface area contributed by atoms with Gasteiger partial charge in [-0.25, -0.2) is 4.79 Å². The summed E-state index contributed by atoms with van der Waals surface area (Å²) in [5.74, 6) is -1.06. The number of carbonyl (C=O) groups excluding carboxylic acids is 1. The van der Waals surface area contributed by atoms with E-state index in [-0.39, 0.29) is 11.5 Å². The van der Waals surface area contributed by atoms with E-state index in [0.29, 0.717) is 21.4 Å². The van der Waals surface area contributed by atoms with Crippen molar-refractivity contribution in [3.8, 4) is 11.3 Å². The largest absolute Gasteiger partial charge is 0.477 e. The van der Waals surface area contributed by atoms with Crippen LogP contribution in [0.4, 0.5) is 0 Å². The Morgan fingerprint density at radius 3 is 2.59 bits per heavy atom. The molecule has 0 saturated carbocycles. The fraction of sp³-hybridized carbons (Fsp3) is 0.0667. The number of carboxylic acids is 1. The first-order valence-electron chi connectivity index (χ1n) is 6.14. The van der Waals surface area contributed by atoms with Crippen molar-refractivity contribution >= 4 is 41.2 Å². The summed E-state index contributed by atoms with van der Waals surface area (Å²) in [4.78, 5) is 22.0. The van der Waals surface area contributed by atoms with Gasteiger partial charge < -0.3 is 14.8 Å². The molecule has 0 aliphatic rings. The van der Waals surface area contributed by atoms with Gasteiger partial charge in [-0.1, -0.05) is 23.2 Å². The molecule has 0 atom stereocenters. The van der Waals surface area contributed by atoms with Crippen molar-refractivity contribution in [2.45, 2.75) is 6.92 Å². The number of carbonyl (C=O) groups is 2. The molecule has 22 heavy (non-hydrogen) atoms. The molecule has 1 aromatic heterocycles. The highest BCUT2D eigenvalue weighted by atomic mass is 35.5. The summed E-state index contributed by atoms with van der Waals surface area (Å²) in [5.41, 5.74) is 0.302. The topological polar surface area (TPSA) is 79.5 Å². The van der Waals surface area contributed by atoms with Gasteiger partial charge in [0.2, 0.25) is 5.91 Å². The molecule has 0 bridgehead atoms. The third-order valence-corrected chi connectivity index (χ3v) is 3.21. The van der Waals surface area contributed by atoms with Crippen LogP contribution in [-0.4, -0.2) is 17.0 Å². The van der Waals surface area contributed by atoms with Gasteiger partial charge in [0.1, 0.15) is 17.2 Å². The van der Waals surface area contributed by atoms with Crippen LogP contribution in [0.3, 0.4) is 0 Å². The summed E-state index contributed by atoms with van der Waals surface area (Å²) in [6.45, 7) is 1.22. The Morgan fingerprint density at radius 1 is 1.23 bits per heavy atom. The van der Waals surface area contributed by atoms with Gasteiger partial charge in [-0.3, -0.25) is 4.79 Å². The van der Waals surface area contributed by atoms with Crippen molar-refractivity contribution in [2.75, 3.05) is 0 Å². The number of halogens is 2. The monoisotopic (exact) mass is 339 g/mol. The highest BCUT2D eigenvalue weighted by Crippen LogP contribution is 2.32. The molecule has 0 aliphatic carbocycles. The summed E-state index contributed by atoms with van der Waals surface area (Å²) >= 11 is 12.0. The van der Waals surface area contributed by atoms with Crippen molar-refractivity contribution in [1.82, 2.24) is 5.32 Å². The quantitative estimate of drug-likeness (QED) is 0.830. The lowest BCUT2D eigenvalue weighted by atomic mass is 10.2. The molecule has 0 spiro atoms. The summed E-state index contributed by atoms with van der Waals surface area (Å²) in [5, 5.41) is 12.2. The maximum Gasteiger partial charge on any atom is 0.352 e. The van der Waals surface area contributed by atoms with E-state index >= 15 is 0 Å². The molecule has 1 amide bonds. The van der Waals surface area contributed by atoms with Crippen molar-refractivity contribution < 1.29 is 19.1 Å². The minimum absolute atomic E-state index is 0.261. The number of aliphatic carboxylic acids is 1. The standard InChI is InChI=1S/C15H11Cl2NO4/c1-8(19)18-13(15(20)21)7-10-3-5-14(22-10)11-6-9(16)2-4-12(11)17/h2-7H,1H3,(H,18,19)(H,20,21). The first-order chi connectivity index (χ1) is 10.4. The molecule has 5 nitrogen and oxygen atoms in total. The average molecular weight is 340 g/mol. The molecule has 2 N–H and O–H groups in total. The summed E-state index contributed by atoms with van der Waals surface area (Å²) in [6.07, 6.45) is 1.21. The maximum atomic E-state index is 11.1. The molecule has 0 fully saturated rings. The average Bonchev–Trinajstić information content (AvgIpc) is 2.88. The molecule has 1 aromatic carbocycles. The maximum absolute atomic E-state index is 11.1. The zero-order valence-electron chi connectivity index (χ0n) is 11.4. The number of carboxylic acid groups (broad SMARTS) is 1. The molecule has 0 unspecified atom stereocenters. The fourth-order valence-electron chi connectivity index (χ4n) is 1.74. The lowest BCUT2D eigenvalue weighted by molar-refractivity contribution is -0.134. The summed E-state index contributed by atoms with van der Waals surface area (Å²) in [7, 11) is 0. The Balaban J connectivity index is 2.36. The second-order valence-electron chi connectivity index (χ2n) is 4.37. The molecule has 1 heterocycles. The zero-order valence-corrected chi connectivity index (χ0v) is 12.9. The summed E-state index contributed by atoms with van der Waals surface area (Å²) < 4.78 is 5.53. The second-order valence-corrected chi connectivity index (χ2v) is 5.21. The third kappa shape index (κ3) is 3.90. The number of hydrogen-bond donors (Lipinski definition) is 2.